The summed E-state index contributed by atoms with van der Waals surface area (Å²) in [5.74, 6) is -0.246. The predicted octanol–water partition coefficient (Wildman–Crippen LogP) is 4.50. The smallest absolute Gasteiger partial charge is 0.139 e. The van der Waals surface area contributed by atoms with Crippen molar-refractivity contribution in [1.82, 2.24) is 9.55 Å². The van der Waals surface area contributed by atoms with Gasteiger partial charge in [0.15, 0.2) is 0 Å². The fourth-order valence-corrected chi connectivity index (χ4v) is 3.11. The first-order chi connectivity index (χ1) is 12.3. The van der Waals surface area contributed by atoms with Crippen LogP contribution in [0.1, 0.15) is 0 Å². The molecule has 0 aliphatic carbocycles. The van der Waals surface area contributed by atoms with E-state index in [0.29, 0.717) is 17.7 Å². The standard InChI is InChI=1S/C21H17FN2O/c22-20-18(15-5-2-1-3-6-15)7-4-8-19(20)17-13-16-9-10-24(11-12-25)21(16)23-14-17/h1-10,13-14,25H,11-12H2. The van der Waals surface area contributed by atoms with Crippen LogP contribution in [0.2, 0.25) is 0 Å². The first-order valence-electron chi connectivity index (χ1n) is 8.18. The van der Waals surface area contributed by atoms with Crippen LogP contribution in [0.15, 0.2) is 73.1 Å². The van der Waals surface area contributed by atoms with Crippen LogP contribution in [0.4, 0.5) is 4.39 Å². The summed E-state index contributed by atoms with van der Waals surface area (Å²) in [7, 11) is 0. The van der Waals surface area contributed by atoms with E-state index in [1.807, 2.05) is 59.3 Å². The number of benzene rings is 2. The van der Waals surface area contributed by atoms with Gasteiger partial charge in [0.25, 0.3) is 0 Å². The van der Waals surface area contributed by atoms with E-state index in [-0.39, 0.29) is 12.4 Å². The average Bonchev–Trinajstić information content (AvgIpc) is 3.05. The van der Waals surface area contributed by atoms with Crippen molar-refractivity contribution in [2.24, 2.45) is 0 Å². The third-order valence-electron chi connectivity index (χ3n) is 4.34. The van der Waals surface area contributed by atoms with Gasteiger partial charge in [-0.15, -0.1) is 0 Å². The van der Waals surface area contributed by atoms with Crippen molar-refractivity contribution in [2.45, 2.75) is 6.54 Å². The highest BCUT2D eigenvalue weighted by atomic mass is 19.1. The first-order valence-corrected chi connectivity index (χ1v) is 8.18. The Balaban J connectivity index is 1.81. The van der Waals surface area contributed by atoms with E-state index in [9.17, 15) is 0 Å². The van der Waals surface area contributed by atoms with Gasteiger partial charge in [-0.3, -0.25) is 0 Å². The number of hydrogen-bond acceptors (Lipinski definition) is 2. The van der Waals surface area contributed by atoms with Gasteiger partial charge in [-0.1, -0.05) is 48.5 Å². The SMILES string of the molecule is OCCn1ccc2cc(-c3cccc(-c4ccccc4)c3F)cnc21. The summed E-state index contributed by atoms with van der Waals surface area (Å²) < 4.78 is 17.0. The number of aliphatic hydroxyl groups is 1. The minimum absolute atomic E-state index is 0.0565. The number of pyridine rings is 1. The molecule has 4 heteroatoms. The Morgan fingerprint density at radius 3 is 2.44 bits per heavy atom. The van der Waals surface area contributed by atoms with Gasteiger partial charge in [0.1, 0.15) is 11.5 Å². The number of rotatable bonds is 4. The van der Waals surface area contributed by atoms with Gasteiger partial charge in [-0.05, 0) is 17.7 Å². The molecule has 0 saturated heterocycles. The van der Waals surface area contributed by atoms with Crippen molar-refractivity contribution in [3.8, 4) is 22.3 Å². The van der Waals surface area contributed by atoms with E-state index in [2.05, 4.69) is 4.98 Å². The van der Waals surface area contributed by atoms with Crippen LogP contribution in [-0.4, -0.2) is 21.3 Å². The second-order valence-corrected chi connectivity index (χ2v) is 5.90. The van der Waals surface area contributed by atoms with Crippen LogP contribution >= 0.6 is 0 Å². The second kappa shape index (κ2) is 6.49. The largest absolute Gasteiger partial charge is 0.395 e. The average molecular weight is 332 g/mol. The molecule has 0 radical (unpaired) electrons. The van der Waals surface area contributed by atoms with Gasteiger partial charge in [0.2, 0.25) is 0 Å². The lowest BCUT2D eigenvalue weighted by Crippen LogP contribution is -2.01. The van der Waals surface area contributed by atoms with Crippen molar-refractivity contribution in [3.63, 3.8) is 0 Å². The Labute approximate surface area is 145 Å². The van der Waals surface area contributed by atoms with Crippen molar-refractivity contribution >= 4 is 11.0 Å². The normalized spacial score (nSPS) is 11.1. The first kappa shape index (κ1) is 15.5. The summed E-state index contributed by atoms with van der Waals surface area (Å²) in [6, 6.07) is 18.8. The van der Waals surface area contributed by atoms with Gasteiger partial charge >= 0.3 is 0 Å². The van der Waals surface area contributed by atoms with Gasteiger partial charge in [-0.25, -0.2) is 9.37 Å². The highest BCUT2D eigenvalue weighted by Gasteiger charge is 2.13. The Morgan fingerprint density at radius 1 is 0.920 bits per heavy atom. The maximum Gasteiger partial charge on any atom is 0.139 e. The van der Waals surface area contributed by atoms with Crippen LogP contribution in [0, 0.1) is 5.82 Å². The molecule has 0 aliphatic heterocycles. The molecule has 124 valence electrons. The topological polar surface area (TPSA) is 38.0 Å². The zero-order valence-electron chi connectivity index (χ0n) is 13.6. The molecule has 1 N–H and O–H groups in total. The molecule has 3 nitrogen and oxygen atoms in total. The summed E-state index contributed by atoms with van der Waals surface area (Å²) in [5.41, 5.74) is 3.49. The number of nitrogens with zero attached hydrogens (tertiary/aromatic N) is 2. The van der Waals surface area contributed by atoms with E-state index in [1.165, 1.54) is 0 Å². The lowest BCUT2D eigenvalue weighted by atomic mass is 9.98. The monoisotopic (exact) mass is 332 g/mol. The Hall–Kier alpha value is -2.98. The summed E-state index contributed by atoms with van der Waals surface area (Å²) >= 11 is 0. The molecule has 2 heterocycles. The maximum absolute atomic E-state index is 15.1. The molecule has 4 rings (SSSR count). The van der Waals surface area contributed by atoms with Gasteiger partial charge in [-0.2, -0.15) is 0 Å². The molecule has 0 spiro atoms. The zero-order valence-corrected chi connectivity index (χ0v) is 13.6. The van der Waals surface area contributed by atoms with Crippen molar-refractivity contribution in [1.29, 1.82) is 0 Å². The molecular formula is C21H17FN2O. The van der Waals surface area contributed by atoms with Crippen LogP contribution in [0.3, 0.4) is 0 Å². The third kappa shape index (κ3) is 2.81. The molecule has 2 aromatic carbocycles. The molecule has 0 aliphatic rings. The summed E-state index contributed by atoms with van der Waals surface area (Å²) in [6.07, 6.45) is 3.57. The lowest BCUT2D eigenvalue weighted by Gasteiger charge is -2.09. The maximum atomic E-state index is 15.1. The predicted molar refractivity (Wildman–Crippen MR) is 97.6 cm³/mol. The molecule has 4 aromatic rings. The fourth-order valence-electron chi connectivity index (χ4n) is 3.11. The van der Waals surface area contributed by atoms with Crippen LogP contribution in [-0.2, 0) is 6.54 Å². The number of aliphatic hydroxyl groups excluding tert-OH is 1. The summed E-state index contributed by atoms with van der Waals surface area (Å²) in [6.45, 7) is 0.550. The summed E-state index contributed by atoms with van der Waals surface area (Å²) in [5, 5.41) is 10.0. The Bertz CT molecular complexity index is 1020. The Morgan fingerprint density at radius 2 is 1.68 bits per heavy atom. The van der Waals surface area contributed by atoms with E-state index < -0.39 is 0 Å². The minimum atomic E-state index is -0.246. The zero-order chi connectivity index (χ0) is 17.2. The second-order valence-electron chi connectivity index (χ2n) is 5.90. The highest BCUT2D eigenvalue weighted by Crippen LogP contribution is 2.31. The van der Waals surface area contributed by atoms with Gasteiger partial charge in [0.05, 0.1) is 6.61 Å². The van der Waals surface area contributed by atoms with E-state index in [4.69, 9.17) is 5.11 Å². The Kier molecular flexibility index (Phi) is 4.04. The number of aromatic nitrogens is 2. The minimum Gasteiger partial charge on any atom is -0.395 e. The molecular weight excluding hydrogens is 315 g/mol. The molecule has 0 amide bonds. The molecule has 2 aromatic heterocycles. The van der Waals surface area contributed by atoms with E-state index in [1.54, 1.807) is 18.3 Å². The third-order valence-corrected chi connectivity index (χ3v) is 4.34. The van der Waals surface area contributed by atoms with E-state index in [0.717, 1.165) is 22.2 Å². The van der Waals surface area contributed by atoms with Crippen LogP contribution in [0.5, 0.6) is 0 Å². The molecule has 0 unspecified atom stereocenters. The fraction of sp³-hybridized carbons (Fsp3) is 0.0952. The molecule has 0 atom stereocenters. The van der Waals surface area contributed by atoms with Crippen molar-refractivity contribution in [2.75, 3.05) is 6.61 Å². The van der Waals surface area contributed by atoms with Gasteiger partial charge < -0.3 is 9.67 Å². The summed E-state index contributed by atoms with van der Waals surface area (Å²) in [4.78, 5) is 4.46. The van der Waals surface area contributed by atoms with Crippen LogP contribution in [0.25, 0.3) is 33.3 Å². The molecule has 0 saturated carbocycles. The number of hydrogen-bond donors (Lipinski definition) is 1. The van der Waals surface area contributed by atoms with Gasteiger partial charge in [0, 0.05) is 41.0 Å². The van der Waals surface area contributed by atoms with Crippen molar-refractivity contribution < 1.29 is 9.50 Å². The number of halogens is 1. The van der Waals surface area contributed by atoms with Crippen LogP contribution < -0.4 is 0 Å². The molecule has 0 fully saturated rings. The van der Waals surface area contributed by atoms with E-state index >= 15 is 4.39 Å². The highest BCUT2D eigenvalue weighted by molar-refractivity contribution is 5.83. The van der Waals surface area contributed by atoms with Crippen molar-refractivity contribution in [3.05, 3.63) is 78.9 Å². The number of fused-ring (bicyclic) bond motifs is 1. The molecule has 25 heavy (non-hydrogen) atoms. The quantitative estimate of drug-likeness (QED) is 0.597. The molecule has 0 bridgehead atoms. The lowest BCUT2D eigenvalue weighted by molar-refractivity contribution is 0.278.